The average Bonchev–Trinajstić information content (AvgIpc) is 3.24. The monoisotopic (exact) mass is 425 g/mol. The highest BCUT2D eigenvalue weighted by molar-refractivity contribution is 5.95. The van der Waals surface area contributed by atoms with Gasteiger partial charge in [-0.15, -0.1) is 0 Å². The van der Waals surface area contributed by atoms with Gasteiger partial charge in [-0.25, -0.2) is 4.68 Å². The molecule has 4 rings (SSSR count). The van der Waals surface area contributed by atoms with Gasteiger partial charge in [0.05, 0.1) is 24.4 Å². The van der Waals surface area contributed by atoms with Gasteiger partial charge < -0.3 is 10.1 Å². The topological polar surface area (TPSA) is 56.1 Å². The molecule has 0 aliphatic rings. The second-order valence-electron chi connectivity index (χ2n) is 7.75. The van der Waals surface area contributed by atoms with Gasteiger partial charge in [-0.1, -0.05) is 55.0 Å². The van der Waals surface area contributed by atoms with Gasteiger partial charge in [-0.3, -0.25) is 4.79 Å². The summed E-state index contributed by atoms with van der Waals surface area (Å²) in [6.45, 7) is 4.07. The first-order valence-corrected chi connectivity index (χ1v) is 10.8. The van der Waals surface area contributed by atoms with Crippen molar-refractivity contribution < 1.29 is 9.53 Å². The number of carbonyl (C=O) groups excluding carboxylic acids is 1. The Kier molecular flexibility index (Phi) is 6.36. The number of carbonyl (C=O) groups is 1. The summed E-state index contributed by atoms with van der Waals surface area (Å²) >= 11 is 0. The summed E-state index contributed by atoms with van der Waals surface area (Å²) in [5.74, 6) is 1.14. The van der Waals surface area contributed by atoms with Gasteiger partial charge in [-0.05, 0) is 55.3 Å². The molecule has 1 amide bonds. The van der Waals surface area contributed by atoms with E-state index in [1.54, 1.807) is 11.8 Å². The van der Waals surface area contributed by atoms with Crippen molar-refractivity contribution in [2.24, 2.45) is 0 Å². The largest absolute Gasteiger partial charge is 0.497 e. The Morgan fingerprint density at radius 3 is 2.31 bits per heavy atom. The molecule has 0 saturated carbocycles. The summed E-state index contributed by atoms with van der Waals surface area (Å²) in [6.07, 6.45) is 0.708. The van der Waals surface area contributed by atoms with Crippen molar-refractivity contribution >= 4 is 11.7 Å². The van der Waals surface area contributed by atoms with Crippen LogP contribution in [0.4, 0.5) is 5.82 Å². The summed E-state index contributed by atoms with van der Waals surface area (Å²) in [6, 6.07) is 27.6. The van der Waals surface area contributed by atoms with E-state index in [9.17, 15) is 4.79 Å². The number of nitrogens with one attached hydrogen (secondary N) is 1. The summed E-state index contributed by atoms with van der Waals surface area (Å²) in [7, 11) is 1.64. The Morgan fingerprint density at radius 2 is 1.69 bits per heavy atom. The van der Waals surface area contributed by atoms with E-state index in [1.165, 1.54) is 0 Å². The summed E-state index contributed by atoms with van der Waals surface area (Å²) in [5, 5.41) is 7.93. The van der Waals surface area contributed by atoms with E-state index < -0.39 is 0 Å². The van der Waals surface area contributed by atoms with Crippen LogP contribution in [0.15, 0.2) is 84.9 Å². The maximum absolute atomic E-state index is 13.2. The van der Waals surface area contributed by atoms with Crippen LogP contribution in [-0.2, 0) is 4.79 Å². The van der Waals surface area contributed by atoms with Gasteiger partial charge in [-0.2, -0.15) is 5.10 Å². The van der Waals surface area contributed by atoms with Gasteiger partial charge in [0.15, 0.2) is 0 Å². The quantitative estimate of drug-likeness (QED) is 0.396. The molecule has 0 aliphatic heterocycles. The number of methoxy groups -OCH3 is 1. The number of aryl methyl sites for hydroxylation is 1. The molecule has 0 bridgehead atoms. The molecular formula is C27H27N3O2. The van der Waals surface area contributed by atoms with Crippen molar-refractivity contribution in [2.45, 2.75) is 26.2 Å². The highest BCUT2D eigenvalue weighted by Gasteiger charge is 2.21. The Balaban J connectivity index is 1.71. The summed E-state index contributed by atoms with van der Waals surface area (Å²) in [5.41, 5.74) is 4.78. The molecule has 0 fully saturated rings. The Morgan fingerprint density at radius 1 is 1.00 bits per heavy atom. The zero-order valence-corrected chi connectivity index (χ0v) is 18.6. The lowest BCUT2D eigenvalue weighted by Gasteiger charge is -2.16. The smallest absolute Gasteiger partial charge is 0.233 e. The predicted octanol–water partition coefficient (Wildman–Crippen LogP) is 5.99. The van der Waals surface area contributed by atoms with Crippen molar-refractivity contribution in [3.63, 3.8) is 0 Å². The second kappa shape index (κ2) is 9.52. The van der Waals surface area contributed by atoms with Crippen LogP contribution in [0.1, 0.15) is 30.4 Å². The van der Waals surface area contributed by atoms with Crippen LogP contribution in [-0.4, -0.2) is 22.8 Å². The molecular weight excluding hydrogens is 398 g/mol. The van der Waals surface area contributed by atoms with Gasteiger partial charge in [0.1, 0.15) is 11.6 Å². The lowest BCUT2D eigenvalue weighted by atomic mass is 9.96. The van der Waals surface area contributed by atoms with Crippen molar-refractivity contribution in [2.75, 3.05) is 12.4 Å². The molecule has 5 nitrogen and oxygen atoms in total. The molecule has 0 saturated heterocycles. The first-order valence-electron chi connectivity index (χ1n) is 10.8. The standard InChI is InChI=1S/C27H27N3O2/c1-4-24(20-8-6-5-7-9-20)27(31)28-26-18-25(21-12-16-23(32-3)17-13-21)29-30(26)22-14-10-19(2)11-15-22/h5-18,24H,4H2,1-3H3,(H,28,31)/t24-/m1/s1. The number of anilines is 1. The van der Waals surface area contributed by atoms with E-state index in [0.717, 1.165) is 33.8 Å². The molecule has 0 radical (unpaired) electrons. The number of nitrogens with zero attached hydrogens (tertiary/aromatic N) is 2. The van der Waals surface area contributed by atoms with Crippen LogP contribution < -0.4 is 10.1 Å². The van der Waals surface area contributed by atoms with E-state index in [4.69, 9.17) is 9.84 Å². The summed E-state index contributed by atoms with van der Waals surface area (Å²) in [4.78, 5) is 13.2. The van der Waals surface area contributed by atoms with Crippen molar-refractivity contribution in [1.82, 2.24) is 9.78 Å². The lowest BCUT2D eigenvalue weighted by Crippen LogP contribution is -2.22. The normalized spacial score (nSPS) is 11.7. The molecule has 162 valence electrons. The van der Waals surface area contributed by atoms with Crippen LogP contribution >= 0.6 is 0 Å². The summed E-state index contributed by atoms with van der Waals surface area (Å²) < 4.78 is 7.05. The van der Waals surface area contributed by atoms with E-state index in [0.29, 0.717) is 12.2 Å². The fourth-order valence-corrected chi connectivity index (χ4v) is 3.73. The lowest BCUT2D eigenvalue weighted by molar-refractivity contribution is -0.117. The number of aromatic nitrogens is 2. The highest BCUT2D eigenvalue weighted by atomic mass is 16.5. The average molecular weight is 426 g/mol. The number of ether oxygens (including phenoxy) is 1. The van der Waals surface area contributed by atoms with Crippen molar-refractivity contribution in [3.8, 4) is 22.7 Å². The van der Waals surface area contributed by atoms with Crippen LogP contribution in [0, 0.1) is 6.92 Å². The number of rotatable bonds is 7. The number of benzene rings is 3. The fourth-order valence-electron chi connectivity index (χ4n) is 3.73. The van der Waals surface area contributed by atoms with Gasteiger partial charge in [0.25, 0.3) is 0 Å². The molecule has 32 heavy (non-hydrogen) atoms. The molecule has 0 aliphatic carbocycles. The molecule has 0 unspecified atom stereocenters. The fraction of sp³-hybridized carbons (Fsp3) is 0.185. The maximum atomic E-state index is 13.2. The Bertz CT molecular complexity index is 1180. The third kappa shape index (κ3) is 4.57. The Labute approximate surface area is 188 Å². The van der Waals surface area contributed by atoms with Gasteiger partial charge >= 0.3 is 0 Å². The predicted molar refractivity (Wildman–Crippen MR) is 128 cm³/mol. The van der Waals surface area contributed by atoms with E-state index in [-0.39, 0.29) is 11.8 Å². The van der Waals surface area contributed by atoms with E-state index >= 15 is 0 Å². The van der Waals surface area contributed by atoms with E-state index in [2.05, 4.69) is 5.32 Å². The first-order chi connectivity index (χ1) is 15.6. The molecule has 3 aromatic carbocycles. The van der Waals surface area contributed by atoms with Gasteiger partial charge in [0, 0.05) is 11.6 Å². The Hall–Kier alpha value is -3.86. The molecule has 4 aromatic rings. The van der Waals surface area contributed by atoms with Gasteiger partial charge in [0.2, 0.25) is 5.91 Å². The molecule has 0 spiro atoms. The van der Waals surface area contributed by atoms with E-state index in [1.807, 2.05) is 98.8 Å². The zero-order chi connectivity index (χ0) is 22.5. The van der Waals surface area contributed by atoms with Crippen LogP contribution in [0.5, 0.6) is 5.75 Å². The minimum Gasteiger partial charge on any atom is -0.497 e. The molecule has 1 aromatic heterocycles. The number of amides is 1. The second-order valence-corrected chi connectivity index (χ2v) is 7.75. The van der Waals surface area contributed by atoms with Crippen molar-refractivity contribution in [3.05, 3.63) is 96.1 Å². The van der Waals surface area contributed by atoms with Crippen molar-refractivity contribution in [1.29, 1.82) is 0 Å². The highest BCUT2D eigenvalue weighted by Crippen LogP contribution is 2.28. The number of hydrogen-bond donors (Lipinski definition) is 1. The molecule has 1 heterocycles. The molecule has 5 heteroatoms. The zero-order valence-electron chi connectivity index (χ0n) is 18.6. The third-order valence-electron chi connectivity index (χ3n) is 5.55. The first kappa shape index (κ1) is 21.4. The molecule has 1 N–H and O–H groups in total. The van der Waals surface area contributed by atoms with Crippen LogP contribution in [0.25, 0.3) is 16.9 Å². The minimum absolute atomic E-state index is 0.0479. The molecule has 1 atom stereocenters. The van der Waals surface area contributed by atoms with Crippen LogP contribution in [0.2, 0.25) is 0 Å². The third-order valence-corrected chi connectivity index (χ3v) is 5.55. The number of hydrogen-bond acceptors (Lipinski definition) is 3. The van der Waals surface area contributed by atoms with Crippen LogP contribution in [0.3, 0.4) is 0 Å². The maximum Gasteiger partial charge on any atom is 0.233 e. The SMILES string of the molecule is CC[C@@H](C(=O)Nc1cc(-c2ccc(OC)cc2)nn1-c1ccc(C)cc1)c1ccccc1. The minimum atomic E-state index is -0.234.